The first kappa shape index (κ1) is 40.7. The van der Waals surface area contributed by atoms with Crippen LogP contribution in [0.1, 0.15) is 2.85 Å². The van der Waals surface area contributed by atoms with Crippen molar-refractivity contribution in [2.24, 2.45) is 0 Å². The second-order valence-corrected chi connectivity index (χ2v) is 0. The minimum Gasteiger partial charge on any atom is -1.00 e. The average molecular weight is 641 g/mol. The molecule has 0 aromatic carbocycles. The van der Waals surface area contributed by atoms with Crippen molar-refractivity contribution >= 4 is 26.2 Å². The van der Waals surface area contributed by atoms with Crippen LogP contribution in [-0.2, 0) is 71.0 Å². The Morgan fingerprint density at radius 1 is 1.17 bits per heavy atom. The number of rotatable bonds is 0. The van der Waals surface area contributed by atoms with Gasteiger partial charge in [0.2, 0.25) is 0 Å². The van der Waals surface area contributed by atoms with E-state index in [2.05, 4.69) is 0 Å². The zero-order valence-corrected chi connectivity index (χ0v) is 22.6. The van der Waals surface area contributed by atoms with E-state index in [-0.39, 0.29) is 181 Å². The zero-order valence-electron chi connectivity index (χ0n) is 6.10. The van der Waals surface area contributed by atoms with E-state index in [1.165, 1.54) is 0 Å². The van der Waals surface area contributed by atoms with Crippen LogP contribution in [0.15, 0.2) is 0 Å². The fraction of sp³-hybridized carbons (Fsp3) is 0. The molecule has 0 spiro atoms. The van der Waals surface area contributed by atoms with E-state index in [0.717, 1.165) is 0 Å². The van der Waals surface area contributed by atoms with Crippen molar-refractivity contribution in [3.8, 4) is 0 Å². The van der Waals surface area contributed by atoms with E-state index in [0.29, 0.717) is 0 Å². The molecule has 0 bridgehead atoms. The Morgan fingerprint density at radius 3 is 1.17 bits per heavy atom. The van der Waals surface area contributed by atoms with Crippen LogP contribution in [0.2, 0.25) is 0 Å². The molecule has 0 saturated heterocycles. The van der Waals surface area contributed by atoms with Gasteiger partial charge in [-0.1, -0.05) is 0 Å². The van der Waals surface area contributed by atoms with Gasteiger partial charge in [-0.25, -0.2) is 0 Å². The predicted molar refractivity (Wildman–Crippen MR) is 12.2 cm³/mol. The topological polar surface area (TPSA) is 0 Å². The monoisotopic (exact) mass is 640 g/mol. The Kier molecular flexibility index (Phi) is 208. The average Bonchev–Trinajstić information content (AvgIpc) is 0. The van der Waals surface area contributed by atoms with Crippen LogP contribution < -0.4 is 80.9 Å². The van der Waals surface area contributed by atoms with E-state index in [4.69, 9.17) is 0 Å². The van der Waals surface area contributed by atoms with Crippen LogP contribution in [-0.4, -0.2) is 26.2 Å². The summed E-state index contributed by atoms with van der Waals surface area (Å²) in [4.78, 5) is 0. The molecule has 6 heavy (non-hydrogen) atoms. The molecule has 6 heteroatoms. The molecule has 0 unspecified atom stereocenters. The van der Waals surface area contributed by atoms with Crippen molar-refractivity contribution in [2.75, 3.05) is 0 Å². The maximum atomic E-state index is 0. The second-order valence-electron chi connectivity index (χ2n) is 0. The quantitative estimate of drug-likeness (QED) is 0.231. The Morgan fingerprint density at radius 2 is 1.17 bits per heavy atom. The molecule has 0 rings (SSSR count). The summed E-state index contributed by atoms with van der Waals surface area (Å²) in [7, 11) is 0. The number of hydrogen-bond donors (Lipinski definition) is 0. The van der Waals surface area contributed by atoms with Crippen LogP contribution in [0, 0.1) is 0 Å². The minimum atomic E-state index is 0. The maximum Gasteiger partial charge on any atom is 1.00 e. The first-order valence-corrected chi connectivity index (χ1v) is 0. The molecule has 2 radical (unpaired) electrons. The maximum absolute atomic E-state index is 0. The van der Waals surface area contributed by atoms with Crippen molar-refractivity contribution in [1.82, 2.24) is 0 Å². The molecule has 0 aliphatic carbocycles. The van der Waals surface area contributed by atoms with E-state index in [1.54, 1.807) is 0 Å². The molecule has 0 nitrogen and oxygen atoms in total. The van der Waals surface area contributed by atoms with E-state index in [1.807, 2.05) is 0 Å². The summed E-state index contributed by atoms with van der Waals surface area (Å²) in [5.41, 5.74) is 0. The fourth-order valence-electron chi connectivity index (χ4n) is 0. The third-order valence-corrected chi connectivity index (χ3v) is 0. The molecule has 0 saturated carbocycles. The Hall–Kier alpha value is 5.88. The predicted octanol–water partition coefficient (Wildman–Crippen LogP) is -6.96. The molecule has 26 valence electrons. The summed E-state index contributed by atoms with van der Waals surface area (Å²) in [5.74, 6) is 0. The summed E-state index contributed by atoms with van der Waals surface area (Å²) < 4.78 is 0. The van der Waals surface area contributed by atoms with Gasteiger partial charge in [0.1, 0.15) is 0 Å². The minimum absolute atomic E-state index is 0. The smallest absolute Gasteiger partial charge is 1.00 e. The first-order valence-electron chi connectivity index (χ1n) is 0. The standard InChI is InChI=1S/Bi.K.Na.Nb.Ta.Zr.5H/q;2*+1;;;;;;;2*-1. The van der Waals surface area contributed by atoms with Crippen molar-refractivity contribution in [3.63, 3.8) is 0 Å². The van der Waals surface area contributed by atoms with Crippen LogP contribution in [0.4, 0.5) is 0 Å². The summed E-state index contributed by atoms with van der Waals surface area (Å²) in [6.45, 7) is 0. The molecular weight excluding hydrogens is 636 g/mol. The van der Waals surface area contributed by atoms with E-state index >= 15 is 0 Å². The van der Waals surface area contributed by atoms with Crippen LogP contribution in [0.5, 0.6) is 0 Å². The summed E-state index contributed by atoms with van der Waals surface area (Å²) in [6, 6.07) is 0. The first-order chi connectivity index (χ1) is 0. The van der Waals surface area contributed by atoms with Crippen LogP contribution in [0.25, 0.3) is 0 Å². The summed E-state index contributed by atoms with van der Waals surface area (Å²) >= 11 is 0. The molecule has 0 heterocycles. The van der Waals surface area contributed by atoms with Gasteiger partial charge < -0.3 is 2.85 Å². The van der Waals surface area contributed by atoms with E-state index in [9.17, 15) is 0 Å². The van der Waals surface area contributed by atoms with E-state index < -0.39 is 0 Å². The van der Waals surface area contributed by atoms with Gasteiger partial charge in [-0.15, -0.1) is 0 Å². The van der Waals surface area contributed by atoms with Gasteiger partial charge in [-0.05, 0) is 0 Å². The third kappa shape index (κ3) is 22.5. The second kappa shape index (κ2) is 30.7. The van der Waals surface area contributed by atoms with Gasteiger partial charge >= 0.3 is 107 Å². The molecule has 0 aromatic heterocycles. The molecule has 0 fully saturated rings. The molecule has 0 aliphatic heterocycles. The summed E-state index contributed by atoms with van der Waals surface area (Å²) in [6.07, 6.45) is 0. The van der Waals surface area contributed by atoms with Gasteiger partial charge in [0.05, 0.1) is 0 Å². The zero-order chi connectivity index (χ0) is 0. The number of hydrogen-bond acceptors (Lipinski definition) is 0. The van der Waals surface area contributed by atoms with Gasteiger partial charge in [-0.2, -0.15) is 0 Å². The van der Waals surface area contributed by atoms with Gasteiger partial charge in [0, 0.05) is 71.0 Å². The van der Waals surface area contributed by atoms with Crippen molar-refractivity contribution in [1.29, 1.82) is 0 Å². The van der Waals surface area contributed by atoms with Crippen LogP contribution in [0.3, 0.4) is 0 Å². The molecule has 0 N–H and O–H groups in total. The van der Waals surface area contributed by atoms with Crippen molar-refractivity contribution in [2.45, 2.75) is 0 Å². The Bertz CT molecular complexity index is 22.0. The van der Waals surface area contributed by atoms with Gasteiger partial charge in [-0.3, -0.25) is 0 Å². The van der Waals surface area contributed by atoms with Gasteiger partial charge in [0.15, 0.2) is 0 Å². The molecule has 0 aliphatic rings. The van der Waals surface area contributed by atoms with Crippen LogP contribution >= 0.6 is 0 Å². The van der Waals surface area contributed by atoms with Crippen molar-refractivity contribution in [3.05, 3.63) is 0 Å². The molecule has 0 atom stereocenters. The summed E-state index contributed by atoms with van der Waals surface area (Å²) in [5, 5.41) is 0. The van der Waals surface area contributed by atoms with Gasteiger partial charge in [0.25, 0.3) is 0 Å². The molecule has 0 amide bonds. The SMILES string of the molecule is [BiH3].[H-].[H-].[K+].[Na+].[Nb].[Ta].[Zr]. The largest absolute Gasteiger partial charge is 1.00 e. The normalized spacial score (nSPS) is 0. The molecule has 0 aromatic rings. The van der Waals surface area contributed by atoms with Crippen molar-refractivity contribution < 1.29 is 155 Å². The molecular formula is H5BiKNaNbTaZr. The Balaban J connectivity index is 0. The fourth-order valence-corrected chi connectivity index (χ4v) is 0. The third-order valence-electron chi connectivity index (χ3n) is 0. The Labute approximate surface area is 175 Å².